The molecule has 0 saturated carbocycles. The number of rotatable bonds is 9. The number of fused-ring (bicyclic) bond motifs is 1. The highest BCUT2D eigenvalue weighted by Crippen LogP contribution is 2.53. The lowest BCUT2D eigenvalue weighted by Gasteiger charge is -2.34. The number of carbonyl (C=O) groups excluding carboxylic acids is 1. The van der Waals surface area contributed by atoms with Gasteiger partial charge in [0.25, 0.3) is 5.91 Å². The fraction of sp³-hybridized carbons (Fsp3) is 0.625. The Morgan fingerprint density at radius 2 is 1.83 bits per heavy atom. The van der Waals surface area contributed by atoms with Crippen molar-refractivity contribution >= 4 is 30.5 Å². The van der Waals surface area contributed by atoms with Crippen LogP contribution in [0.2, 0.25) is 0 Å². The summed E-state index contributed by atoms with van der Waals surface area (Å²) in [6, 6.07) is 0. The number of anilines is 1. The average molecular weight is 431 g/mol. The molecule has 2 atom stereocenters. The molecule has 0 fully saturated rings. The molecular formula is C16H26N5O7P. The van der Waals surface area contributed by atoms with Crippen molar-refractivity contribution in [1.82, 2.24) is 19.5 Å². The number of aromatic nitrogens is 4. The third kappa shape index (κ3) is 5.16. The number of hydrogen-bond donors (Lipinski definition) is 4. The van der Waals surface area contributed by atoms with Crippen LogP contribution >= 0.6 is 7.60 Å². The predicted octanol–water partition coefficient (Wildman–Crippen LogP) is 0.176. The van der Waals surface area contributed by atoms with E-state index in [1.807, 2.05) is 0 Å². The van der Waals surface area contributed by atoms with Crippen LogP contribution in [0.15, 0.2) is 12.7 Å². The molecule has 0 amide bonds. The van der Waals surface area contributed by atoms with E-state index in [9.17, 15) is 24.7 Å². The minimum Gasteiger partial charge on any atom is -0.393 e. The first-order chi connectivity index (χ1) is 13.4. The summed E-state index contributed by atoms with van der Waals surface area (Å²) in [4.78, 5) is 24.4. The Morgan fingerprint density at radius 1 is 1.24 bits per heavy atom. The second-order valence-corrected chi connectivity index (χ2v) is 9.09. The molecule has 2 rings (SSSR count). The zero-order valence-corrected chi connectivity index (χ0v) is 17.5. The lowest BCUT2D eigenvalue weighted by molar-refractivity contribution is -0.0798. The van der Waals surface area contributed by atoms with E-state index in [1.165, 1.54) is 0 Å². The van der Waals surface area contributed by atoms with Gasteiger partial charge in [0.05, 0.1) is 25.0 Å². The average Bonchev–Trinajstić information content (AvgIpc) is 3.04. The van der Waals surface area contributed by atoms with Crippen LogP contribution in [0.3, 0.4) is 0 Å². The second kappa shape index (κ2) is 8.82. The highest BCUT2D eigenvalue weighted by molar-refractivity contribution is 7.54. The Balaban J connectivity index is 2.37. The van der Waals surface area contributed by atoms with Gasteiger partial charge in [-0.1, -0.05) is 0 Å². The van der Waals surface area contributed by atoms with Gasteiger partial charge in [-0.15, -0.1) is 0 Å². The number of carbonyl (C=O) groups is 1. The van der Waals surface area contributed by atoms with E-state index in [2.05, 4.69) is 15.0 Å². The van der Waals surface area contributed by atoms with Crippen molar-refractivity contribution in [1.29, 1.82) is 0 Å². The normalized spacial score (nSPS) is 15.8. The van der Waals surface area contributed by atoms with Gasteiger partial charge in [0.1, 0.15) is 18.3 Å². The van der Waals surface area contributed by atoms with Crippen LogP contribution in [-0.2, 0) is 13.6 Å². The lowest BCUT2D eigenvalue weighted by Crippen LogP contribution is -2.54. The maximum atomic E-state index is 13.1. The van der Waals surface area contributed by atoms with Gasteiger partial charge in [0.2, 0.25) is 0 Å². The number of nitrogen functional groups attached to an aromatic ring is 1. The summed E-state index contributed by atoms with van der Waals surface area (Å²) < 4.78 is 24.6. The fourth-order valence-electron chi connectivity index (χ4n) is 2.68. The summed E-state index contributed by atoms with van der Waals surface area (Å²) in [7, 11) is -3.99. The van der Waals surface area contributed by atoms with E-state index in [0.29, 0.717) is 0 Å². The molecule has 0 saturated heterocycles. The number of aliphatic hydroxyl groups excluding tert-OH is 2. The molecule has 0 unspecified atom stereocenters. The molecule has 2 aromatic heterocycles. The molecular weight excluding hydrogens is 405 g/mol. The number of aliphatic hydroxyl groups is 3. The first kappa shape index (κ1) is 23.3. The topological polar surface area (TPSA) is 183 Å². The highest BCUT2D eigenvalue weighted by Gasteiger charge is 2.48. The minimum absolute atomic E-state index is 0.00174. The van der Waals surface area contributed by atoms with Crippen LogP contribution < -0.4 is 5.73 Å². The van der Waals surface area contributed by atoms with Crippen molar-refractivity contribution < 1.29 is 33.7 Å². The van der Waals surface area contributed by atoms with E-state index in [-0.39, 0.29) is 17.0 Å². The number of nitrogens with zero attached hydrogens (tertiary/aromatic N) is 4. The summed E-state index contributed by atoms with van der Waals surface area (Å²) in [5.41, 5.74) is 3.28. The van der Waals surface area contributed by atoms with Gasteiger partial charge in [-0.05, 0) is 27.7 Å². The van der Waals surface area contributed by atoms with Crippen molar-refractivity contribution in [2.45, 2.75) is 51.6 Å². The van der Waals surface area contributed by atoms with Crippen molar-refractivity contribution in [3.05, 3.63) is 12.7 Å². The van der Waals surface area contributed by atoms with Crippen LogP contribution in [0.5, 0.6) is 0 Å². The molecule has 13 heteroatoms. The Labute approximate surface area is 167 Å². The summed E-state index contributed by atoms with van der Waals surface area (Å²) in [5.74, 6) is -1.04. The molecule has 0 bridgehead atoms. The van der Waals surface area contributed by atoms with Crippen LogP contribution in [-0.4, -0.2) is 77.4 Å². The van der Waals surface area contributed by atoms with E-state index < -0.39 is 50.2 Å². The first-order valence-corrected chi connectivity index (χ1v) is 10.6. The maximum Gasteiger partial charge on any atom is 0.334 e. The smallest absolute Gasteiger partial charge is 0.334 e. The Bertz CT molecular complexity index is 904. The van der Waals surface area contributed by atoms with Crippen molar-refractivity contribution in [2.75, 3.05) is 18.5 Å². The Morgan fingerprint density at radius 3 is 2.34 bits per heavy atom. The van der Waals surface area contributed by atoms with Gasteiger partial charge >= 0.3 is 7.60 Å². The Hall–Kier alpha value is -1.95. The molecule has 2 aromatic rings. The molecule has 5 N–H and O–H groups in total. The fourth-order valence-corrected chi connectivity index (χ4v) is 5.10. The predicted molar refractivity (Wildman–Crippen MR) is 103 cm³/mol. The number of hydrogen-bond acceptors (Lipinski definition) is 11. The molecule has 0 aliphatic rings. The molecule has 0 spiro atoms. The van der Waals surface area contributed by atoms with Crippen molar-refractivity contribution in [2.24, 2.45) is 0 Å². The van der Waals surface area contributed by atoms with Crippen LogP contribution in [0.4, 0.5) is 5.82 Å². The third-order valence-corrected chi connectivity index (χ3v) is 6.25. The summed E-state index contributed by atoms with van der Waals surface area (Å²) in [6.45, 7) is 5.35. The number of nitrogens with two attached hydrogens (primary N) is 1. The zero-order valence-electron chi connectivity index (χ0n) is 16.6. The van der Waals surface area contributed by atoms with Crippen LogP contribution in [0.1, 0.15) is 32.5 Å². The van der Waals surface area contributed by atoms with Crippen molar-refractivity contribution in [3.63, 3.8) is 0 Å². The molecule has 12 nitrogen and oxygen atoms in total. The maximum absolute atomic E-state index is 13.1. The summed E-state index contributed by atoms with van der Waals surface area (Å²) in [5, 5.41) is 31.1. The molecule has 0 aliphatic carbocycles. The number of imidazole rings is 1. The third-order valence-electron chi connectivity index (χ3n) is 3.83. The van der Waals surface area contributed by atoms with Crippen LogP contribution in [0, 0.1) is 0 Å². The molecule has 162 valence electrons. The monoisotopic (exact) mass is 431 g/mol. The second-order valence-electron chi connectivity index (χ2n) is 7.13. The van der Waals surface area contributed by atoms with E-state index in [0.717, 1.165) is 17.2 Å². The summed E-state index contributed by atoms with van der Waals surface area (Å²) in [6.07, 6.45) is -1.92. The molecule has 0 aliphatic heterocycles. The molecule has 0 radical (unpaired) electrons. The van der Waals surface area contributed by atoms with Gasteiger partial charge in [0, 0.05) is 0 Å². The summed E-state index contributed by atoms with van der Waals surface area (Å²) >= 11 is 0. The highest BCUT2D eigenvalue weighted by atomic mass is 31.2. The molecule has 29 heavy (non-hydrogen) atoms. The molecule has 0 aromatic carbocycles. The van der Waals surface area contributed by atoms with Crippen LogP contribution in [0.25, 0.3) is 11.2 Å². The largest absolute Gasteiger partial charge is 0.393 e. The van der Waals surface area contributed by atoms with Gasteiger partial charge in [0.15, 0.2) is 23.1 Å². The lowest BCUT2D eigenvalue weighted by atomic mass is 9.99. The zero-order chi connectivity index (χ0) is 22.0. The SMILES string of the molecule is CC(C)OP(=O)(C[C@@](O)(CO)[C@H](O)C(=O)n1cnc2c(N)ncnc21)OC(C)C. The van der Waals surface area contributed by atoms with E-state index in [4.69, 9.17) is 14.8 Å². The van der Waals surface area contributed by atoms with Gasteiger partial charge in [-0.3, -0.25) is 13.9 Å². The van der Waals surface area contributed by atoms with Gasteiger partial charge in [-0.25, -0.2) is 15.0 Å². The van der Waals surface area contributed by atoms with Crippen molar-refractivity contribution in [3.8, 4) is 0 Å². The first-order valence-electron chi connectivity index (χ1n) is 8.87. The van der Waals surface area contributed by atoms with Gasteiger partial charge < -0.3 is 30.1 Å². The van der Waals surface area contributed by atoms with Gasteiger partial charge in [-0.2, -0.15) is 0 Å². The standard InChI is InChI=1S/C16H26N5O7P/c1-9(2)27-29(26,28-10(3)4)6-16(25,5-22)12(23)15(24)21-8-20-11-13(17)18-7-19-14(11)21/h7-10,12,22-23,25H,5-6H2,1-4H3,(H2,17,18,19)/t12-,16+/m1/s1. The van der Waals surface area contributed by atoms with E-state index in [1.54, 1.807) is 27.7 Å². The minimum atomic E-state index is -3.99. The van der Waals surface area contributed by atoms with E-state index >= 15 is 0 Å². The molecule has 2 heterocycles. The quantitative estimate of drug-likeness (QED) is 0.397. The Kier molecular flexibility index (Phi) is 7.10.